The van der Waals surface area contributed by atoms with Crippen molar-refractivity contribution in [3.8, 4) is 0 Å². The van der Waals surface area contributed by atoms with E-state index in [2.05, 4.69) is 13.0 Å². The Labute approximate surface area is 77.2 Å². The molecule has 0 unspecified atom stereocenters. The lowest BCUT2D eigenvalue weighted by atomic mass is 10.1. The van der Waals surface area contributed by atoms with Gasteiger partial charge in [0.25, 0.3) is 0 Å². The molecule has 2 aromatic carbocycles. The largest absolute Gasteiger partial charge is 0.397 e. The molecule has 0 aromatic heterocycles. The molecule has 0 saturated heterocycles. The highest BCUT2D eigenvalue weighted by Gasteiger charge is 2.00. The summed E-state index contributed by atoms with van der Waals surface area (Å²) in [5, 5.41) is 2.18. The Morgan fingerprint density at radius 1 is 1.00 bits per heavy atom. The number of nitrogen functional groups attached to an aromatic ring is 2. The molecule has 0 radical (unpaired) electrons. The van der Waals surface area contributed by atoms with E-state index in [1.807, 2.05) is 24.3 Å². The molecule has 0 amide bonds. The minimum atomic E-state index is 0.649. The molecule has 2 aromatic rings. The molecule has 0 aliphatic carbocycles. The molecule has 0 spiro atoms. The molecule has 13 heavy (non-hydrogen) atoms. The first-order valence-electron chi connectivity index (χ1n) is 4.23. The van der Waals surface area contributed by atoms with Crippen molar-refractivity contribution in [1.82, 2.24) is 0 Å². The van der Waals surface area contributed by atoms with E-state index >= 15 is 0 Å². The Hall–Kier alpha value is -1.70. The number of benzene rings is 2. The summed E-state index contributed by atoms with van der Waals surface area (Å²) in [6.45, 7) is 2.06. The van der Waals surface area contributed by atoms with Crippen LogP contribution in [0.4, 0.5) is 11.4 Å². The molecule has 0 bridgehead atoms. The fourth-order valence-electron chi connectivity index (χ4n) is 1.49. The van der Waals surface area contributed by atoms with Gasteiger partial charge in [0, 0.05) is 5.39 Å². The van der Waals surface area contributed by atoms with Gasteiger partial charge in [-0.3, -0.25) is 0 Å². The molecule has 66 valence electrons. The van der Waals surface area contributed by atoms with Crippen LogP contribution in [0.25, 0.3) is 10.8 Å². The summed E-state index contributed by atoms with van der Waals surface area (Å²) >= 11 is 0. The molecular weight excluding hydrogens is 160 g/mol. The highest BCUT2D eigenvalue weighted by molar-refractivity contribution is 5.98. The molecule has 0 aliphatic heterocycles. The lowest BCUT2D eigenvalue weighted by Gasteiger charge is -2.05. The molecule has 4 N–H and O–H groups in total. The summed E-state index contributed by atoms with van der Waals surface area (Å²) in [7, 11) is 0. The summed E-state index contributed by atoms with van der Waals surface area (Å²) in [5.41, 5.74) is 14.1. The van der Waals surface area contributed by atoms with Gasteiger partial charge in [-0.1, -0.05) is 29.8 Å². The van der Waals surface area contributed by atoms with Crippen LogP contribution in [0.2, 0.25) is 0 Å². The number of hydrogen-bond donors (Lipinski definition) is 2. The minimum absolute atomic E-state index is 0.649. The number of aryl methyl sites for hydroxylation is 1. The maximum absolute atomic E-state index is 5.84. The van der Waals surface area contributed by atoms with E-state index in [1.165, 1.54) is 5.56 Å². The molecule has 0 heterocycles. The van der Waals surface area contributed by atoms with Gasteiger partial charge in [0.1, 0.15) is 0 Å². The normalized spacial score (nSPS) is 10.5. The third kappa shape index (κ3) is 1.20. The van der Waals surface area contributed by atoms with Gasteiger partial charge >= 0.3 is 0 Å². The van der Waals surface area contributed by atoms with Crippen molar-refractivity contribution in [2.24, 2.45) is 0 Å². The lowest BCUT2D eigenvalue weighted by molar-refractivity contribution is 1.51. The zero-order valence-electron chi connectivity index (χ0n) is 7.54. The molecule has 0 aliphatic rings. The van der Waals surface area contributed by atoms with Gasteiger partial charge < -0.3 is 11.5 Å². The summed E-state index contributed by atoms with van der Waals surface area (Å²) in [6.07, 6.45) is 0. The fourth-order valence-corrected chi connectivity index (χ4v) is 1.49. The second kappa shape index (κ2) is 2.66. The first kappa shape index (κ1) is 7.92. The number of anilines is 2. The number of fused-ring (bicyclic) bond motifs is 1. The van der Waals surface area contributed by atoms with Crippen LogP contribution in [-0.4, -0.2) is 0 Å². The molecule has 2 nitrogen and oxygen atoms in total. The molecule has 0 fully saturated rings. The van der Waals surface area contributed by atoms with Crippen molar-refractivity contribution in [3.05, 3.63) is 35.9 Å². The summed E-state index contributed by atoms with van der Waals surface area (Å²) in [4.78, 5) is 0. The standard InChI is InChI=1S/C11H12N2/c1-7-2-4-9-8(6-7)3-5-10(12)11(9)13/h2-6H,12-13H2,1H3. The summed E-state index contributed by atoms with van der Waals surface area (Å²) in [6, 6.07) is 9.99. The Kier molecular flexibility index (Phi) is 1.62. The third-order valence-corrected chi connectivity index (χ3v) is 2.25. The maximum atomic E-state index is 5.84. The maximum Gasteiger partial charge on any atom is 0.0627 e. The van der Waals surface area contributed by atoms with Crippen molar-refractivity contribution in [2.45, 2.75) is 6.92 Å². The Bertz CT molecular complexity index is 461. The van der Waals surface area contributed by atoms with Crippen molar-refractivity contribution < 1.29 is 0 Å². The zero-order chi connectivity index (χ0) is 9.42. The van der Waals surface area contributed by atoms with Gasteiger partial charge in [-0.25, -0.2) is 0 Å². The average Bonchev–Trinajstić information content (AvgIpc) is 2.12. The zero-order valence-corrected chi connectivity index (χ0v) is 7.54. The van der Waals surface area contributed by atoms with Crippen molar-refractivity contribution >= 4 is 22.1 Å². The van der Waals surface area contributed by atoms with Crippen LogP contribution in [0.15, 0.2) is 30.3 Å². The van der Waals surface area contributed by atoms with Crippen molar-refractivity contribution in [1.29, 1.82) is 0 Å². The van der Waals surface area contributed by atoms with Crippen LogP contribution in [0, 0.1) is 6.92 Å². The highest BCUT2D eigenvalue weighted by atomic mass is 14.7. The number of nitrogens with two attached hydrogens (primary N) is 2. The Morgan fingerprint density at radius 3 is 2.54 bits per heavy atom. The smallest absolute Gasteiger partial charge is 0.0627 e. The van der Waals surface area contributed by atoms with Gasteiger partial charge in [0.2, 0.25) is 0 Å². The molecule has 0 saturated carbocycles. The second-order valence-electron chi connectivity index (χ2n) is 3.29. The van der Waals surface area contributed by atoms with E-state index in [4.69, 9.17) is 11.5 Å². The van der Waals surface area contributed by atoms with E-state index < -0.39 is 0 Å². The van der Waals surface area contributed by atoms with Crippen molar-refractivity contribution in [2.75, 3.05) is 11.5 Å². The third-order valence-electron chi connectivity index (χ3n) is 2.25. The van der Waals surface area contributed by atoms with E-state index in [1.54, 1.807) is 0 Å². The van der Waals surface area contributed by atoms with Gasteiger partial charge in [0.05, 0.1) is 11.4 Å². The van der Waals surface area contributed by atoms with E-state index in [9.17, 15) is 0 Å². The minimum Gasteiger partial charge on any atom is -0.397 e. The molecule has 2 rings (SSSR count). The fraction of sp³-hybridized carbons (Fsp3) is 0.0909. The first-order chi connectivity index (χ1) is 6.18. The van der Waals surface area contributed by atoms with E-state index in [-0.39, 0.29) is 0 Å². The Morgan fingerprint density at radius 2 is 1.77 bits per heavy atom. The van der Waals surface area contributed by atoms with Gasteiger partial charge in [-0.2, -0.15) is 0 Å². The second-order valence-corrected chi connectivity index (χ2v) is 3.29. The monoisotopic (exact) mass is 172 g/mol. The summed E-state index contributed by atoms with van der Waals surface area (Å²) in [5.74, 6) is 0. The topological polar surface area (TPSA) is 52.0 Å². The molecular formula is C11H12N2. The van der Waals surface area contributed by atoms with Gasteiger partial charge in [-0.15, -0.1) is 0 Å². The van der Waals surface area contributed by atoms with Gasteiger partial charge in [-0.05, 0) is 18.4 Å². The lowest BCUT2D eigenvalue weighted by Crippen LogP contribution is -1.95. The first-order valence-corrected chi connectivity index (χ1v) is 4.23. The SMILES string of the molecule is Cc1ccc2c(N)c(N)ccc2c1. The van der Waals surface area contributed by atoms with Gasteiger partial charge in [0.15, 0.2) is 0 Å². The quantitative estimate of drug-likeness (QED) is 0.599. The highest BCUT2D eigenvalue weighted by Crippen LogP contribution is 2.26. The number of hydrogen-bond acceptors (Lipinski definition) is 2. The van der Waals surface area contributed by atoms with Crippen molar-refractivity contribution in [3.63, 3.8) is 0 Å². The predicted molar refractivity (Wildman–Crippen MR) is 57.5 cm³/mol. The van der Waals surface area contributed by atoms with E-state index in [0.29, 0.717) is 11.4 Å². The Balaban J connectivity index is 2.87. The summed E-state index contributed by atoms with van der Waals surface area (Å²) < 4.78 is 0. The van der Waals surface area contributed by atoms with Crippen LogP contribution in [-0.2, 0) is 0 Å². The predicted octanol–water partition coefficient (Wildman–Crippen LogP) is 2.31. The van der Waals surface area contributed by atoms with Crippen LogP contribution in [0.3, 0.4) is 0 Å². The van der Waals surface area contributed by atoms with Crippen LogP contribution < -0.4 is 11.5 Å². The van der Waals surface area contributed by atoms with E-state index in [0.717, 1.165) is 10.8 Å². The van der Waals surface area contributed by atoms with Crippen LogP contribution in [0.5, 0.6) is 0 Å². The number of rotatable bonds is 0. The van der Waals surface area contributed by atoms with Crippen LogP contribution in [0.1, 0.15) is 5.56 Å². The average molecular weight is 172 g/mol. The molecule has 2 heteroatoms. The van der Waals surface area contributed by atoms with Crippen LogP contribution >= 0.6 is 0 Å². The molecule has 0 atom stereocenters.